The van der Waals surface area contributed by atoms with Crippen molar-refractivity contribution in [3.63, 3.8) is 0 Å². The molecule has 3 rings (SSSR count). The number of nitrogens with zero attached hydrogens (tertiary/aromatic N) is 2. The van der Waals surface area contributed by atoms with Gasteiger partial charge in [-0.1, -0.05) is 22.4 Å². The predicted octanol–water partition coefficient (Wildman–Crippen LogP) is 3.31. The van der Waals surface area contributed by atoms with Crippen molar-refractivity contribution in [1.29, 1.82) is 0 Å². The Morgan fingerprint density at radius 3 is 2.86 bits per heavy atom. The summed E-state index contributed by atoms with van der Waals surface area (Å²) in [5.74, 6) is 0.548. The van der Waals surface area contributed by atoms with E-state index in [9.17, 15) is 4.79 Å². The molecule has 2 aromatic rings. The molecule has 4 nitrogen and oxygen atoms in total. The summed E-state index contributed by atoms with van der Waals surface area (Å²) < 4.78 is 0. The predicted molar refractivity (Wildman–Crippen MR) is 86.5 cm³/mol. The summed E-state index contributed by atoms with van der Waals surface area (Å²) in [6, 6.07) is 5.44. The Balaban J connectivity index is 1.63. The maximum atomic E-state index is 12.2. The smallest absolute Gasteiger partial charge is 0.251 e. The van der Waals surface area contributed by atoms with E-state index in [1.54, 1.807) is 24.5 Å². The van der Waals surface area contributed by atoms with Gasteiger partial charge in [-0.3, -0.25) is 14.8 Å². The van der Waals surface area contributed by atoms with Crippen LogP contribution < -0.4 is 5.32 Å². The van der Waals surface area contributed by atoms with Gasteiger partial charge in [0.05, 0.1) is 11.0 Å². The van der Waals surface area contributed by atoms with E-state index in [2.05, 4.69) is 31.2 Å². The molecule has 0 radical (unpaired) electrons. The number of hydrogen-bond donors (Lipinski definition) is 1. The van der Waals surface area contributed by atoms with Gasteiger partial charge in [0.2, 0.25) is 0 Å². The molecule has 1 aromatic heterocycles. The fourth-order valence-corrected chi connectivity index (χ4v) is 3.71. The molecule has 2 atom stereocenters. The molecule has 0 spiro atoms. The molecule has 1 fully saturated rings. The van der Waals surface area contributed by atoms with E-state index >= 15 is 0 Å². The number of halogens is 1. The van der Waals surface area contributed by atoms with Crippen LogP contribution in [0.3, 0.4) is 0 Å². The van der Waals surface area contributed by atoms with Gasteiger partial charge < -0.3 is 5.32 Å². The van der Waals surface area contributed by atoms with E-state index in [4.69, 9.17) is 0 Å². The van der Waals surface area contributed by atoms with E-state index < -0.39 is 0 Å². The molecule has 1 amide bonds. The highest BCUT2D eigenvalue weighted by Gasteiger charge is 2.20. The fraction of sp³-hybridized carbons (Fsp3) is 0.438. The van der Waals surface area contributed by atoms with Crippen LogP contribution >= 0.6 is 15.9 Å². The third-order valence-corrected chi connectivity index (χ3v) is 4.83. The zero-order valence-corrected chi connectivity index (χ0v) is 13.3. The van der Waals surface area contributed by atoms with Crippen LogP contribution in [0.25, 0.3) is 11.0 Å². The first kappa shape index (κ1) is 14.4. The van der Waals surface area contributed by atoms with Crippen LogP contribution in [0, 0.1) is 5.92 Å². The highest BCUT2D eigenvalue weighted by molar-refractivity contribution is 9.09. The summed E-state index contributed by atoms with van der Waals surface area (Å²) in [5, 5.41) is 3.05. The lowest BCUT2D eigenvalue weighted by molar-refractivity contribution is 0.0944. The van der Waals surface area contributed by atoms with Gasteiger partial charge in [0.25, 0.3) is 5.91 Å². The number of aromatic nitrogens is 2. The van der Waals surface area contributed by atoms with Gasteiger partial charge in [-0.2, -0.15) is 0 Å². The average Bonchev–Trinajstić information content (AvgIpc) is 2.52. The van der Waals surface area contributed by atoms with Gasteiger partial charge in [-0.25, -0.2) is 0 Å². The zero-order chi connectivity index (χ0) is 14.7. The largest absolute Gasteiger partial charge is 0.352 e. The van der Waals surface area contributed by atoms with Gasteiger partial charge in [0, 0.05) is 29.3 Å². The summed E-state index contributed by atoms with van der Waals surface area (Å²) in [6.45, 7) is 0.749. The minimum Gasteiger partial charge on any atom is -0.352 e. The first-order valence-electron chi connectivity index (χ1n) is 7.35. The first-order valence-corrected chi connectivity index (χ1v) is 8.27. The first-order chi connectivity index (χ1) is 10.2. The molecule has 1 aromatic carbocycles. The Hall–Kier alpha value is -1.49. The molecule has 0 aliphatic heterocycles. The summed E-state index contributed by atoms with van der Waals surface area (Å²) in [7, 11) is 0. The number of nitrogens with one attached hydrogen (secondary N) is 1. The number of alkyl halides is 1. The quantitative estimate of drug-likeness (QED) is 0.866. The molecule has 110 valence electrons. The highest BCUT2D eigenvalue weighted by atomic mass is 79.9. The van der Waals surface area contributed by atoms with Crippen molar-refractivity contribution in [3.8, 4) is 0 Å². The maximum absolute atomic E-state index is 12.2. The summed E-state index contributed by atoms with van der Waals surface area (Å²) >= 11 is 3.68. The number of hydrogen-bond acceptors (Lipinski definition) is 3. The summed E-state index contributed by atoms with van der Waals surface area (Å²) in [4.78, 5) is 21.3. The molecule has 21 heavy (non-hydrogen) atoms. The lowest BCUT2D eigenvalue weighted by Gasteiger charge is -2.25. The van der Waals surface area contributed by atoms with Crippen molar-refractivity contribution < 1.29 is 4.79 Å². The van der Waals surface area contributed by atoms with Crippen molar-refractivity contribution in [2.45, 2.75) is 30.5 Å². The van der Waals surface area contributed by atoms with Crippen molar-refractivity contribution in [3.05, 3.63) is 36.2 Å². The molecule has 5 heteroatoms. The second-order valence-corrected chi connectivity index (χ2v) is 6.89. The molecule has 2 unspecified atom stereocenters. The Labute approximate surface area is 132 Å². The van der Waals surface area contributed by atoms with Crippen LogP contribution in [0.1, 0.15) is 36.0 Å². The van der Waals surface area contributed by atoms with Crippen LogP contribution in [0.2, 0.25) is 0 Å². The van der Waals surface area contributed by atoms with Crippen molar-refractivity contribution >= 4 is 32.9 Å². The van der Waals surface area contributed by atoms with Gasteiger partial charge in [-0.05, 0) is 43.4 Å². The molecule has 1 aliphatic rings. The van der Waals surface area contributed by atoms with Gasteiger partial charge in [0.15, 0.2) is 0 Å². The lowest BCUT2D eigenvalue weighted by Crippen LogP contribution is -2.31. The normalized spacial score (nSPS) is 22.1. The summed E-state index contributed by atoms with van der Waals surface area (Å²) in [5.41, 5.74) is 2.21. The molecule has 0 bridgehead atoms. The van der Waals surface area contributed by atoms with Crippen molar-refractivity contribution in [2.75, 3.05) is 6.54 Å². The van der Waals surface area contributed by atoms with Crippen LogP contribution in [-0.4, -0.2) is 27.2 Å². The van der Waals surface area contributed by atoms with Gasteiger partial charge >= 0.3 is 0 Å². The van der Waals surface area contributed by atoms with E-state index in [0.717, 1.165) is 24.0 Å². The number of fused-ring (bicyclic) bond motifs is 1. The SMILES string of the molecule is O=C(NCC1CCCC(Br)C1)c1ccc2nccnc2c1. The second-order valence-electron chi connectivity index (χ2n) is 5.60. The van der Waals surface area contributed by atoms with Crippen molar-refractivity contribution in [2.24, 2.45) is 5.92 Å². The van der Waals surface area contributed by atoms with E-state index in [1.165, 1.54) is 19.3 Å². The van der Waals surface area contributed by atoms with Crippen molar-refractivity contribution in [1.82, 2.24) is 15.3 Å². The van der Waals surface area contributed by atoms with E-state index in [0.29, 0.717) is 16.3 Å². The maximum Gasteiger partial charge on any atom is 0.251 e. The fourth-order valence-electron chi connectivity index (χ4n) is 2.85. The average molecular weight is 348 g/mol. The zero-order valence-electron chi connectivity index (χ0n) is 11.8. The lowest BCUT2D eigenvalue weighted by atomic mass is 9.89. The Bertz CT molecular complexity index is 646. The molecule has 1 saturated carbocycles. The Morgan fingerprint density at radius 1 is 1.24 bits per heavy atom. The molecule has 0 saturated heterocycles. The molecular weight excluding hydrogens is 330 g/mol. The highest BCUT2D eigenvalue weighted by Crippen LogP contribution is 2.28. The van der Waals surface area contributed by atoms with Crippen LogP contribution in [0.4, 0.5) is 0 Å². The number of benzene rings is 1. The number of carbonyl (C=O) groups excluding carboxylic acids is 1. The standard InChI is InChI=1S/C16H18BrN3O/c17-13-3-1-2-11(8-13)10-20-16(21)12-4-5-14-15(9-12)19-7-6-18-14/h4-7,9,11,13H,1-3,8,10H2,(H,20,21). The monoisotopic (exact) mass is 347 g/mol. The minimum atomic E-state index is -0.0285. The third kappa shape index (κ3) is 3.59. The third-order valence-electron chi connectivity index (χ3n) is 4.00. The number of carbonyl (C=O) groups is 1. The molecule has 1 heterocycles. The van der Waals surface area contributed by atoms with Crippen LogP contribution in [-0.2, 0) is 0 Å². The number of rotatable bonds is 3. The molecule has 1 aliphatic carbocycles. The van der Waals surface area contributed by atoms with E-state index in [-0.39, 0.29) is 5.91 Å². The number of amides is 1. The topological polar surface area (TPSA) is 54.9 Å². The summed E-state index contributed by atoms with van der Waals surface area (Å²) in [6.07, 6.45) is 8.12. The van der Waals surface area contributed by atoms with Gasteiger partial charge in [-0.15, -0.1) is 0 Å². The molecule has 1 N–H and O–H groups in total. The van der Waals surface area contributed by atoms with E-state index in [1.807, 2.05) is 6.07 Å². The second kappa shape index (κ2) is 6.52. The minimum absolute atomic E-state index is 0.0285. The van der Waals surface area contributed by atoms with Crippen LogP contribution in [0.15, 0.2) is 30.6 Å². The van der Waals surface area contributed by atoms with Crippen LogP contribution in [0.5, 0.6) is 0 Å². The van der Waals surface area contributed by atoms with Gasteiger partial charge in [0.1, 0.15) is 0 Å². The molecular formula is C16H18BrN3O. The Morgan fingerprint density at radius 2 is 2.05 bits per heavy atom. The Kier molecular flexibility index (Phi) is 4.48.